The maximum absolute atomic E-state index is 12.0. The standard InChI is InChI=1S/C4H9FO6S2/c5-1-4(2-12(6,7)8)3-13(9,10)11/h4H,1-3H2,(H,6,7,8)(H,9,10,11). The van der Waals surface area contributed by atoms with Crippen LogP contribution in [0.5, 0.6) is 0 Å². The van der Waals surface area contributed by atoms with Gasteiger partial charge in [0.15, 0.2) is 0 Å². The molecule has 0 unspecified atom stereocenters. The molecule has 0 aliphatic heterocycles. The van der Waals surface area contributed by atoms with Crippen LogP contribution >= 0.6 is 0 Å². The number of hydrogen-bond acceptors (Lipinski definition) is 4. The van der Waals surface area contributed by atoms with Crippen molar-refractivity contribution in [3.8, 4) is 0 Å². The summed E-state index contributed by atoms with van der Waals surface area (Å²) in [5.74, 6) is -3.49. The van der Waals surface area contributed by atoms with Crippen LogP contribution in [0, 0.1) is 5.92 Å². The molecule has 0 fully saturated rings. The first-order valence-electron chi connectivity index (χ1n) is 3.10. The predicted molar refractivity (Wildman–Crippen MR) is 42.3 cm³/mol. The fourth-order valence-electron chi connectivity index (χ4n) is 0.733. The lowest BCUT2D eigenvalue weighted by molar-refractivity contribution is 0.383. The van der Waals surface area contributed by atoms with Gasteiger partial charge in [-0.3, -0.25) is 13.5 Å². The minimum absolute atomic E-state index is 1.02. The molecule has 0 saturated carbocycles. The summed E-state index contributed by atoms with van der Waals surface area (Å²) in [7, 11) is -8.85. The molecule has 80 valence electrons. The van der Waals surface area contributed by atoms with Crippen molar-refractivity contribution in [2.45, 2.75) is 0 Å². The molecular weight excluding hydrogens is 227 g/mol. The van der Waals surface area contributed by atoms with Gasteiger partial charge in [-0.05, 0) is 0 Å². The maximum atomic E-state index is 12.0. The van der Waals surface area contributed by atoms with E-state index in [1.807, 2.05) is 0 Å². The quantitative estimate of drug-likeness (QED) is 0.614. The van der Waals surface area contributed by atoms with Crippen molar-refractivity contribution in [1.29, 1.82) is 0 Å². The van der Waals surface area contributed by atoms with Gasteiger partial charge in [-0.25, -0.2) is 0 Å². The number of halogens is 1. The first-order chi connectivity index (χ1) is 5.64. The fraction of sp³-hybridized carbons (Fsp3) is 1.00. The second kappa shape index (κ2) is 4.31. The zero-order valence-corrected chi connectivity index (χ0v) is 8.05. The summed E-state index contributed by atoms with van der Waals surface area (Å²) in [6, 6.07) is 0. The van der Waals surface area contributed by atoms with Crippen molar-refractivity contribution >= 4 is 20.2 Å². The molecule has 9 heteroatoms. The molecular formula is C4H9FO6S2. The molecule has 0 aliphatic carbocycles. The lowest BCUT2D eigenvalue weighted by Crippen LogP contribution is -2.24. The number of rotatable bonds is 5. The molecule has 0 aromatic heterocycles. The minimum Gasteiger partial charge on any atom is -0.286 e. The van der Waals surface area contributed by atoms with Crippen LogP contribution in [0.4, 0.5) is 4.39 Å². The van der Waals surface area contributed by atoms with Gasteiger partial charge in [0.05, 0.1) is 18.2 Å². The van der Waals surface area contributed by atoms with Crippen LogP contribution in [0.2, 0.25) is 0 Å². The average Bonchev–Trinajstić information content (AvgIpc) is 1.79. The molecule has 13 heavy (non-hydrogen) atoms. The second-order valence-corrected chi connectivity index (χ2v) is 5.51. The van der Waals surface area contributed by atoms with Crippen LogP contribution in [0.15, 0.2) is 0 Å². The minimum atomic E-state index is -4.42. The van der Waals surface area contributed by atoms with E-state index in [4.69, 9.17) is 9.11 Å². The molecule has 0 amide bonds. The topological polar surface area (TPSA) is 109 Å². The van der Waals surface area contributed by atoms with Crippen molar-refractivity contribution in [3.63, 3.8) is 0 Å². The van der Waals surface area contributed by atoms with E-state index in [0.29, 0.717) is 0 Å². The third-order valence-corrected chi connectivity index (χ3v) is 2.90. The summed E-state index contributed by atoms with van der Waals surface area (Å²) in [5, 5.41) is 0. The summed E-state index contributed by atoms with van der Waals surface area (Å²) >= 11 is 0. The van der Waals surface area contributed by atoms with Crippen LogP contribution in [0.3, 0.4) is 0 Å². The Morgan fingerprint density at radius 3 is 1.46 bits per heavy atom. The van der Waals surface area contributed by atoms with Crippen LogP contribution in [-0.4, -0.2) is 44.1 Å². The highest BCUT2D eigenvalue weighted by Crippen LogP contribution is 2.05. The third-order valence-electron chi connectivity index (χ3n) is 1.11. The van der Waals surface area contributed by atoms with Gasteiger partial charge in [-0.2, -0.15) is 16.8 Å². The first-order valence-corrected chi connectivity index (χ1v) is 6.32. The SMILES string of the molecule is O=S(=O)(O)CC(CF)CS(=O)(=O)O. The van der Waals surface area contributed by atoms with E-state index in [9.17, 15) is 21.2 Å². The first kappa shape index (κ1) is 12.8. The Balaban J connectivity index is 4.39. The van der Waals surface area contributed by atoms with Gasteiger partial charge < -0.3 is 0 Å². The summed E-state index contributed by atoms with van der Waals surface area (Å²) in [6.07, 6.45) is 0. The Kier molecular flexibility index (Phi) is 4.23. The Hall–Kier alpha value is -0.250. The van der Waals surface area contributed by atoms with Gasteiger partial charge >= 0.3 is 0 Å². The lowest BCUT2D eigenvalue weighted by atomic mass is 10.2. The van der Waals surface area contributed by atoms with E-state index in [2.05, 4.69) is 0 Å². The molecule has 0 radical (unpaired) electrons. The van der Waals surface area contributed by atoms with E-state index in [1.54, 1.807) is 0 Å². The number of alkyl halides is 1. The highest BCUT2D eigenvalue weighted by Gasteiger charge is 2.22. The van der Waals surface area contributed by atoms with Crippen molar-refractivity contribution in [3.05, 3.63) is 0 Å². The Labute approximate surface area is 75.3 Å². The molecule has 0 aromatic rings. The van der Waals surface area contributed by atoms with E-state index >= 15 is 0 Å². The molecule has 0 bridgehead atoms. The molecule has 0 atom stereocenters. The van der Waals surface area contributed by atoms with Gasteiger partial charge in [0.1, 0.15) is 0 Å². The zero-order chi connectivity index (χ0) is 10.7. The largest absolute Gasteiger partial charge is 0.286 e. The molecule has 0 aromatic carbocycles. The van der Waals surface area contributed by atoms with Gasteiger partial charge in [0, 0.05) is 5.92 Å². The summed E-state index contributed by atoms with van der Waals surface area (Å²) in [6.45, 7) is -1.25. The zero-order valence-electron chi connectivity index (χ0n) is 6.42. The van der Waals surface area contributed by atoms with Crippen LogP contribution < -0.4 is 0 Å². The molecule has 6 nitrogen and oxygen atoms in total. The lowest BCUT2D eigenvalue weighted by Gasteiger charge is -2.07. The summed E-state index contributed by atoms with van der Waals surface area (Å²) in [4.78, 5) is 0. The predicted octanol–water partition coefficient (Wildman–Crippen LogP) is -0.652. The van der Waals surface area contributed by atoms with Gasteiger partial charge in [-0.1, -0.05) is 0 Å². The van der Waals surface area contributed by atoms with Gasteiger partial charge in [0.2, 0.25) is 0 Å². The molecule has 0 aliphatic rings. The summed E-state index contributed by atoms with van der Waals surface area (Å²) in [5.41, 5.74) is 0. The third kappa shape index (κ3) is 8.09. The second-order valence-electron chi connectivity index (χ2n) is 2.52. The monoisotopic (exact) mass is 236 g/mol. The Morgan fingerprint density at radius 1 is 1.00 bits per heavy atom. The normalized spacial score (nSPS) is 13.5. The van der Waals surface area contributed by atoms with Crippen molar-refractivity contribution in [2.24, 2.45) is 5.92 Å². The number of hydrogen-bond donors (Lipinski definition) is 2. The highest BCUT2D eigenvalue weighted by atomic mass is 32.2. The van der Waals surface area contributed by atoms with Crippen LogP contribution in [0.25, 0.3) is 0 Å². The fourth-order valence-corrected chi connectivity index (χ4v) is 2.49. The van der Waals surface area contributed by atoms with E-state index < -0.39 is 44.3 Å². The van der Waals surface area contributed by atoms with Gasteiger partial charge in [-0.15, -0.1) is 0 Å². The summed E-state index contributed by atoms with van der Waals surface area (Å²) < 4.78 is 69.3. The smallest absolute Gasteiger partial charge is 0.265 e. The average molecular weight is 236 g/mol. The Morgan fingerprint density at radius 2 is 1.31 bits per heavy atom. The van der Waals surface area contributed by atoms with Crippen LogP contribution in [-0.2, 0) is 20.2 Å². The molecule has 0 saturated heterocycles. The van der Waals surface area contributed by atoms with Crippen molar-refractivity contribution in [1.82, 2.24) is 0 Å². The maximum Gasteiger partial charge on any atom is 0.265 e. The molecule has 0 heterocycles. The van der Waals surface area contributed by atoms with E-state index in [0.717, 1.165) is 0 Å². The molecule has 2 N–H and O–H groups in total. The van der Waals surface area contributed by atoms with E-state index in [-0.39, 0.29) is 0 Å². The van der Waals surface area contributed by atoms with Crippen molar-refractivity contribution < 1.29 is 30.3 Å². The molecule has 0 rings (SSSR count). The highest BCUT2D eigenvalue weighted by molar-refractivity contribution is 7.86. The van der Waals surface area contributed by atoms with Gasteiger partial charge in [0.25, 0.3) is 20.2 Å². The van der Waals surface area contributed by atoms with E-state index in [1.165, 1.54) is 0 Å². The van der Waals surface area contributed by atoms with Crippen LogP contribution in [0.1, 0.15) is 0 Å². The molecule has 0 spiro atoms. The Bertz CT molecular complexity index is 309. The van der Waals surface area contributed by atoms with Crippen molar-refractivity contribution in [2.75, 3.05) is 18.2 Å².